The standard InChI is InChI=1S/C20H35N3O2/c1-15-7-9-18(10-8-15)21-19(24)16(2)23-13-5-6-17(14-23)20(25)22-11-3-4-12-22/h15-18H,3-14H2,1-2H3,(H,21,24)/t15?,16-,17-,18?/m0/s1. The lowest BCUT2D eigenvalue weighted by atomic mass is 9.87. The molecule has 2 atom stereocenters. The van der Waals surface area contributed by atoms with Gasteiger partial charge in [0.25, 0.3) is 0 Å². The highest BCUT2D eigenvalue weighted by atomic mass is 16.2. The van der Waals surface area contributed by atoms with Crippen LogP contribution in [0.2, 0.25) is 0 Å². The zero-order valence-electron chi connectivity index (χ0n) is 16.0. The van der Waals surface area contributed by atoms with Crippen molar-refractivity contribution < 1.29 is 9.59 Å². The summed E-state index contributed by atoms with van der Waals surface area (Å²) in [7, 11) is 0. The van der Waals surface area contributed by atoms with E-state index < -0.39 is 0 Å². The Morgan fingerprint density at radius 2 is 1.64 bits per heavy atom. The molecule has 5 nitrogen and oxygen atoms in total. The number of amides is 2. The normalized spacial score (nSPS) is 32.4. The molecule has 2 aliphatic heterocycles. The molecule has 3 rings (SSSR count). The Morgan fingerprint density at radius 3 is 2.32 bits per heavy atom. The van der Waals surface area contributed by atoms with Crippen LogP contribution in [-0.2, 0) is 9.59 Å². The van der Waals surface area contributed by atoms with Crippen molar-refractivity contribution in [2.45, 2.75) is 77.3 Å². The van der Waals surface area contributed by atoms with Gasteiger partial charge in [-0.3, -0.25) is 14.5 Å². The van der Waals surface area contributed by atoms with Gasteiger partial charge in [-0.1, -0.05) is 6.92 Å². The first kappa shape index (κ1) is 18.7. The van der Waals surface area contributed by atoms with Crippen molar-refractivity contribution in [3.8, 4) is 0 Å². The fourth-order valence-electron chi connectivity index (χ4n) is 4.65. The molecule has 1 N–H and O–H groups in total. The number of likely N-dealkylation sites (tertiary alicyclic amines) is 2. The van der Waals surface area contributed by atoms with Gasteiger partial charge in [-0.2, -0.15) is 0 Å². The Bertz CT molecular complexity index is 468. The molecule has 3 aliphatic rings. The summed E-state index contributed by atoms with van der Waals surface area (Å²) in [6.07, 6.45) is 8.92. The molecule has 1 aliphatic carbocycles. The van der Waals surface area contributed by atoms with Gasteiger partial charge in [-0.25, -0.2) is 0 Å². The van der Waals surface area contributed by atoms with Crippen molar-refractivity contribution in [3.05, 3.63) is 0 Å². The second-order valence-corrected chi connectivity index (χ2v) is 8.51. The van der Waals surface area contributed by atoms with Crippen molar-refractivity contribution in [2.75, 3.05) is 26.2 Å². The molecular weight excluding hydrogens is 314 g/mol. The molecule has 0 aromatic heterocycles. The van der Waals surface area contributed by atoms with E-state index in [2.05, 4.69) is 17.1 Å². The molecule has 0 radical (unpaired) electrons. The number of hydrogen-bond donors (Lipinski definition) is 1. The molecule has 1 saturated carbocycles. The fraction of sp³-hybridized carbons (Fsp3) is 0.900. The number of carbonyl (C=O) groups excluding carboxylic acids is 2. The predicted octanol–water partition coefficient (Wildman–Crippen LogP) is 2.40. The fourth-order valence-corrected chi connectivity index (χ4v) is 4.65. The van der Waals surface area contributed by atoms with Crippen LogP contribution in [0.25, 0.3) is 0 Å². The summed E-state index contributed by atoms with van der Waals surface area (Å²) < 4.78 is 0. The average Bonchev–Trinajstić information content (AvgIpc) is 3.17. The van der Waals surface area contributed by atoms with E-state index >= 15 is 0 Å². The van der Waals surface area contributed by atoms with Crippen LogP contribution < -0.4 is 5.32 Å². The second kappa shape index (κ2) is 8.52. The molecule has 25 heavy (non-hydrogen) atoms. The summed E-state index contributed by atoms with van der Waals surface area (Å²) in [4.78, 5) is 29.6. The molecule has 2 saturated heterocycles. The highest BCUT2D eigenvalue weighted by Gasteiger charge is 2.34. The Labute approximate surface area is 152 Å². The SMILES string of the molecule is CC1CCC(NC(=O)[C@H](C)N2CCC[C@H](C(=O)N3CCCC3)C2)CC1. The van der Waals surface area contributed by atoms with Crippen molar-refractivity contribution in [2.24, 2.45) is 11.8 Å². The molecule has 2 amide bonds. The summed E-state index contributed by atoms with van der Waals surface area (Å²) in [5.74, 6) is 1.34. The van der Waals surface area contributed by atoms with Crippen LogP contribution in [0.5, 0.6) is 0 Å². The molecule has 0 aromatic rings. The van der Waals surface area contributed by atoms with Gasteiger partial charge in [0.1, 0.15) is 0 Å². The number of rotatable bonds is 4. The summed E-state index contributed by atoms with van der Waals surface area (Å²) in [5, 5.41) is 3.26. The molecule has 0 aromatic carbocycles. The lowest BCUT2D eigenvalue weighted by Crippen LogP contribution is -2.53. The number of nitrogens with one attached hydrogen (secondary N) is 1. The van der Waals surface area contributed by atoms with Crippen molar-refractivity contribution in [1.29, 1.82) is 0 Å². The molecule has 5 heteroatoms. The van der Waals surface area contributed by atoms with E-state index in [0.717, 1.165) is 70.6 Å². The first-order valence-electron chi connectivity index (χ1n) is 10.4. The lowest BCUT2D eigenvalue weighted by Gasteiger charge is -2.37. The Hall–Kier alpha value is -1.10. The van der Waals surface area contributed by atoms with Crippen molar-refractivity contribution in [1.82, 2.24) is 15.1 Å². The summed E-state index contributed by atoms with van der Waals surface area (Å²) >= 11 is 0. The third kappa shape index (κ3) is 4.75. The molecule has 0 bridgehead atoms. The van der Waals surface area contributed by atoms with Crippen LogP contribution in [0.4, 0.5) is 0 Å². The molecule has 142 valence electrons. The smallest absolute Gasteiger partial charge is 0.237 e. The van der Waals surface area contributed by atoms with Crippen LogP contribution in [0.1, 0.15) is 65.2 Å². The van der Waals surface area contributed by atoms with E-state index in [0.29, 0.717) is 11.9 Å². The zero-order chi connectivity index (χ0) is 17.8. The van der Waals surface area contributed by atoms with Crippen LogP contribution in [0.3, 0.4) is 0 Å². The number of nitrogens with zero attached hydrogens (tertiary/aromatic N) is 2. The van der Waals surface area contributed by atoms with Gasteiger partial charge in [0, 0.05) is 25.7 Å². The van der Waals surface area contributed by atoms with Gasteiger partial charge in [0.05, 0.1) is 12.0 Å². The van der Waals surface area contributed by atoms with Crippen molar-refractivity contribution in [3.63, 3.8) is 0 Å². The minimum absolute atomic E-state index is 0.0811. The second-order valence-electron chi connectivity index (χ2n) is 8.51. The molecule has 3 fully saturated rings. The monoisotopic (exact) mass is 349 g/mol. The molecular formula is C20H35N3O2. The van der Waals surface area contributed by atoms with Gasteiger partial charge in [0.15, 0.2) is 0 Å². The minimum atomic E-state index is -0.131. The lowest BCUT2D eigenvalue weighted by molar-refractivity contribution is -0.138. The predicted molar refractivity (Wildman–Crippen MR) is 99.1 cm³/mol. The summed E-state index contributed by atoms with van der Waals surface area (Å²) in [6, 6.07) is 0.214. The van der Waals surface area contributed by atoms with E-state index in [-0.39, 0.29) is 17.9 Å². The third-order valence-electron chi connectivity index (χ3n) is 6.51. The quantitative estimate of drug-likeness (QED) is 0.848. The largest absolute Gasteiger partial charge is 0.352 e. The van der Waals surface area contributed by atoms with Gasteiger partial charge < -0.3 is 10.2 Å². The van der Waals surface area contributed by atoms with E-state index in [1.54, 1.807) is 0 Å². The first-order chi connectivity index (χ1) is 12.0. The number of hydrogen-bond acceptors (Lipinski definition) is 3. The van der Waals surface area contributed by atoms with E-state index in [1.165, 1.54) is 12.8 Å². The highest BCUT2D eigenvalue weighted by molar-refractivity contribution is 5.82. The van der Waals surface area contributed by atoms with E-state index in [4.69, 9.17) is 0 Å². The van der Waals surface area contributed by atoms with Gasteiger partial charge in [-0.15, -0.1) is 0 Å². The highest BCUT2D eigenvalue weighted by Crippen LogP contribution is 2.25. The Morgan fingerprint density at radius 1 is 0.960 bits per heavy atom. The number of piperidine rings is 1. The van der Waals surface area contributed by atoms with E-state index in [9.17, 15) is 9.59 Å². The van der Waals surface area contributed by atoms with Crippen molar-refractivity contribution >= 4 is 11.8 Å². The third-order valence-corrected chi connectivity index (χ3v) is 6.51. The molecule has 0 unspecified atom stereocenters. The van der Waals surface area contributed by atoms with Crippen LogP contribution in [0, 0.1) is 11.8 Å². The van der Waals surface area contributed by atoms with Crippen LogP contribution in [-0.4, -0.2) is 59.9 Å². The number of carbonyl (C=O) groups is 2. The Kier molecular flexibility index (Phi) is 6.37. The maximum absolute atomic E-state index is 12.7. The van der Waals surface area contributed by atoms with Crippen LogP contribution >= 0.6 is 0 Å². The average molecular weight is 350 g/mol. The van der Waals surface area contributed by atoms with Gasteiger partial charge >= 0.3 is 0 Å². The summed E-state index contributed by atoms with van der Waals surface area (Å²) in [6.45, 7) is 7.82. The maximum Gasteiger partial charge on any atom is 0.237 e. The topological polar surface area (TPSA) is 52.7 Å². The maximum atomic E-state index is 12.7. The molecule has 0 spiro atoms. The van der Waals surface area contributed by atoms with Gasteiger partial charge in [0.2, 0.25) is 11.8 Å². The summed E-state index contributed by atoms with van der Waals surface area (Å²) in [5.41, 5.74) is 0. The molecule has 2 heterocycles. The van der Waals surface area contributed by atoms with Gasteiger partial charge in [-0.05, 0) is 70.8 Å². The minimum Gasteiger partial charge on any atom is -0.352 e. The van der Waals surface area contributed by atoms with E-state index in [1.807, 2.05) is 11.8 Å². The Balaban J connectivity index is 1.49. The zero-order valence-corrected chi connectivity index (χ0v) is 16.0. The van der Waals surface area contributed by atoms with Crippen LogP contribution in [0.15, 0.2) is 0 Å². The first-order valence-corrected chi connectivity index (χ1v) is 10.4.